The highest BCUT2D eigenvalue weighted by atomic mass is 35.5. The summed E-state index contributed by atoms with van der Waals surface area (Å²) < 4.78 is 26.3. The monoisotopic (exact) mass is 351 g/mol. The molecule has 0 aromatic heterocycles. The van der Waals surface area contributed by atoms with E-state index in [1.54, 1.807) is 0 Å². The summed E-state index contributed by atoms with van der Waals surface area (Å²) in [6.07, 6.45) is 3.13. The van der Waals surface area contributed by atoms with Crippen molar-refractivity contribution >= 4 is 39.2 Å². The predicted octanol–water partition coefficient (Wildman–Crippen LogP) is 3.11. The lowest BCUT2D eigenvalue weighted by atomic mass is 9.86. The summed E-state index contributed by atoms with van der Waals surface area (Å²) >= 11 is 11.7. The SMILES string of the molecule is CN(CC1CCC1)S(=O)(=O)c1cc(C(=O)O)c(Cl)cc1Cl. The molecule has 116 valence electrons. The average Bonchev–Trinajstić information content (AvgIpc) is 2.32. The summed E-state index contributed by atoms with van der Waals surface area (Å²) in [5.74, 6) is -0.940. The number of halogens is 2. The van der Waals surface area contributed by atoms with Crippen LogP contribution in [0, 0.1) is 5.92 Å². The maximum atomic E-state index is 12.5. The van der Waals surface area contributed by atoms with Crippen LogP contribution in [0.15, 0.2) is 17.0 Å². The fraction of sp³-hybridized carbons (Fsp3) is 0.462. The molecule has 5 nitrogen and oxygen atoms in total. The third-order valence-corrected chi connectivity index (χ3v) is 6.28. The molecular weight excluding hydrogens is 337 g/mol. The third-order valence-electron chi connectivity index (χ3n) is 3.68. The summed E-state index contributed by atoms with van der Waals surface area (Å²) in [5, 5.41) is 8.87. The van der Waals surface area contributed by atoms with Gasteiger partial charge in [-0.25, -0.2) is 17.5 Å². The smallest absolute Gasteiger partial charge is 0.337 e. The number of carboxylic acid groups (broad SMARTS) is 1. The molecule has 0 saturated heterocycles. The van der Waals surface area contributed by atoms with Crippen molar-refractivity contribution < 1.29 is 18.3 Å². The molecule has 0 aliphatic heterocycles. The Balaban J connectivity index is 2.38. The van der Waals surface area contributed by atoms with Crippen molar-refractivity contribution in [1.29, 1.82) is 0 Å². The van der Waals surface area contributed by atoms with Crippen LogP contribution in [0.1, 0.15) is 29.6 Å². The summed E-state index contributed by atoms with van der Waals surface area (Å²) in [6.45, 7) is 0.406. The first kappa shape index (κ1) is 16.5. The summed E-state index contributed by atoms with van der Waals surface area (Å²) in [7, 11) is -2.36. The summed E-state index contributed by atoms with van der Waals surface area (Å²) in [6, 6.07) is 2.16. The van der Waals surface area contributed by atoms with E-state index in [0.29, 0.717) is 12.5 Å². The minimum Gasteiger partial charge on any atom is -0.478 e. The molecule has 1 aliphatic rings. The highest BCUT2D eigenvalue weighted by Gasteiger charge is 2.29. The first-order valence-electron chi connectivity index (χ1n) is 6.42. The molecule has 0 radical (unpaired) electrons. The van der Waals surface area contributed by atoms with E-state index in [1.165, 1.54) is 11.4 Å². The molecule has 0 heterocycles. The van der Waals surface area contributed by atoms with Crippen molar-refractivity contribution in [2.75, 3.05) is 13.6 Å². The van der Waals surface area contributed by atoms with E-state index < -0.39 is 16.0 Å². The molecule has 1 fully saturated rings. The van der Waals surface area contributed by atoms with Gasteiger partial charge in [-0.2, -0.15) is 0 Å². The van der Waals surface area contributed by atoms with E-state index in [0.717, 1.165) is 31.4 Å². The van der Waals surface area contributed by atoms with Crippen molar-refractivity contribution in [2.45, 2.75) is 24.2 Å². The zero-order chi connectivity index (χ0) is 15.8. The lowest BCUT2D eigenvalue weighted by molar-refractivity contribution is 0.0697. The molecule has 0 spiro atoms. The third kappa shape index (κ3) is 3.34. The molecule has 0 bridgehead atoms. The Morgan fingerprint density at radius 2 is 1.95 bits per heavy atom. The van der Waals surface area contributed by atoms with Gasteiger partial charge in [0.1, 0.15) is 4.90 Å². The second kappa shape index (κ2) is 6.12. The molecule has 0 amide bonds. The van der Waals surface area contributed by atoms with Crippen molar-refractivity contribution in [3.63, 3.8) is 0 Å². The highest BCUT2D eigenvalue weighted by molar-refractivity contribution is 7.89. The Labute approximate surface area is 133 Å². The van der Waals surface area contributed by atoms with Gasteiger partial charge < -0.3 is 5.11 Å². The zero-order valence-electron chi connectivity index (χ0n) is 11.3. The van der Waals surface area contributed by atoms with Crippen molar-refractivity contribution in [2.24, 2.45) is 5.92 Å². The first-order valence-corrected chi connectivity index (χ1v) is 8.61. The van der Waals surface area contributed by atoms with Crippen LogP contribution in [0.5, 0.6) is 0 Å². The number of hydrogen-bond donors (Lipinski definition) is 1. The topological polar surface area (TPSA) is 74.7 Å². The van der Waals surface area contributed by atoms with Gasteiger partial charge in [-0.15, -0.1) is 0 Å². The molecule has 2 rings (SSSR count). The number of hydrogen-bond acceptors (Lipinski definition) is 3. The Hall–Kier alpha value is -0.820. The Morgan fingerprint density at radius 3 is 2.43 bits per heavy atom. The van der Waals surface area contributed by atoms with Gasteiger partial charge in [-0.3, -0.25) is 0 Å². The quantitative estimate of drug-likeness (QED) is 0.884. The number of carbonyl (C=O) groups is 1. The number of nitrogens with zero attached hydrogens (tertiary/aromatic N) is 1. The van der Waals surface area contributed by atoms with E-state index >= 15 is 0 Å². The van der Waals surface area contributed by atoms with E-state index in [9.17, 15) is 13.2 Å². The van der Waals surface area contributed by atoms with Crippen LogP contribution in [0.2, 0.25) is 10.0 Å². The van der Waals surface area contributed by atoms with Gasteiger partial charge in [0.15, 0.2) is 0 Å². The maximum Gasteiger partial charge on any atom is 0.337 e. The number of benzene rings is 1. The van der Waals surface area contributed by atoms with Crippen molar-refractivity contribution in [1.82, 2.24) is 4.31 Å². The molecular formula is C13H15Cl2NO4S. The van der Waals surface area contributed by atoms with Crippen LogP contribution >= 0.6 is 23.2 Å². The van der Waals surface area contributed by atoms with Crippen molar-refractivity contribution in [3.05, 3.63) is 27.7 Å². The minimum absolute atomic E-state index is 0.0783. The molecule has 0 unspecified atom stereocenters. The maximum absolute atomic E-state index is 12.5. The van der Waals surface area contributed by atoms with Gasteiger partial charge >= 0.3 is 5.97 Å². The van der Waals surface area contributed by atoms with E-state index in [-0.39, 0.29) is 20.5 Å². The van der Waals surface area contributed by atoms with Crippen LogP contribution in [0.4, 0.5) is 0 Å². The molecule has 0 atom stereocenters. The van der Waals surface area contributed by atoms with Gasteiger partial charge in [0.25, 0.3) is 0 Å². The lowest BCUT2D eigenvalue weighted by Crippen LogP contribution is -2.34. The molecule has 1 aliphatic carbocycles. The van der Waals surface area contributed by atoms with E-state index in [1.807, 2.05) is 0 Å². The van der Waals surface area contributed by atoms with Gasteiger partial charge in [-0.1, -0.05) is 29.6 Å². The summed E-state index contributed by atoms with van der Waals surface area (Å²) in [4.78, 5) is 10.9. The summed E-state index contributed by atoms with van der Waals surface area (Å²) in [5.41, 5.74) is -0.281. The second-order valence-corrected chi connectivity index (χ2v) is 7.98. The standard InChI is InChI=1S/C13H15Cl2NO4S/c1-16(7-8-3-2-4-8)21(19,20)12-5-9(13(17)18)10(14)6-11(12)15/h5-6,8H,2-4,7H2,1H3,(H,17,18). The van der Waals surface area contributed by atoms with Gasteiger partial charge in [0.05, 0.1) is 15.6 Å². The van der Waals surface area contributed by atoms with Crippen LogP contribution in [-0.4, -0.2) is 37.4 Å². The fourth-order valence-corrected chi connectivity index (χ4v) is 4.27. The molecule has 1 N–H and O–H groups in total. The number of carboxylic acids is 1. The highest BCUT2D eigenvalue weighted by Crippen LogP contribution is 2.32. The van der Waals surface area contributed by atoms with Crippen LogP contribution in [0.25, 0.3) is 0 Å². The van der Waals surface area contributed by atoms with E-state index in [4.69, 9.17) is 28.3 Å². The van der Waals surface area contributed by atoms with E-state index in [2.05, 4.69) is 0 Å². The number of rotatable bonds is 5. The van der Waals surface area contributed by atoms with Crippen LogP contribution in [-0.2, 0) is 10.0 Å². The van der Waals surface area contributed by atoms with Crippen LogP contribution < -0.4 is 0 Å². The molecule has 8 heteroatoms. The molecule has 21 heavy (non-hydrogen) atoms. The molecule has 1 aromatic carbocycles. The van der Waals surface area contributed by atoms with Crippen molar-refractivity contribution in [3.8, 4) is 0 Å². The van der Waals surface area contributed by atoms with Gasteiger partial charge in [0, 0.05) is 13.6 Å². The lowest BCUT2D eigenvalue weighted by Gasteiger charge is -2.29. The minimum atomic E-state index is -3.83. The Morgan fingerprint density at radius 1 is 1.33 bits per heavy atom. The fourth-order valence-electron chi connectivity index (χ4n) is 2.20. The largest absolute Gasteiger partial charge is 0.478 e. The number of sulfonamides is 1. The van der Waals surface area contributed by atoms with Gasteiger partial charge in [-0.05, 0) is 30.9 Å². The zero-order valence-corrected chi connectivity index (χ0v) is 13.7. The Bertz CT molecular complexity index is 671. The molecule has 1 saturated carbocycles. The second-order valence-electron chi connectivity index (χ2n) is 5.15. The molecule has 1 aromatic rings. The average molecular weight is 352 g/mol. The number of aromatic carboxylic acids is 1. The Kier molecular flexibility index (Phi) is 4.82. The normalized spacial score (nSPS) is 16.0. The van der Waals surface area contributed by atoms with Gasteiger partial charge in [0.2, 0.25) is 10.0 Å². The first-order chi connectivity index (χ1) is 9.73. The van der Waals surface area contributed by atoms with Crippen LogP contribution in [0.3, 0.4) is 0 Å². The predicted molar refractivity (Wildman–Crippen MR) is 80.6 cm³/mol.